The lowest BCUT2D eigenvalue weighted by Gasteiger charge is -2.37. The molecule has 6 heteroatoms. The van der Waals surface area contributed by atoms with E-state index in [0.29, 0.717) is 0 Å². The van der Waals surface area contributed by atoms with Crippen molar-refractivity contribution in [3.05, 3.63) is 0 Å². The predicted molar refractivity (Wildman–Crippen MR) is 49.2 cm³/mol. The van der Waals surface area contributed by atoms with Crippen LogP contribution in [0.3, 0.4) is 0 Å². The SMILES string of the molecule is CO[C@@H]1C(OC(C)=O)COC(CO)[C@@H]1O. The van der Waals surface area contributed by atoms with Crippen molar-refractivity contribution in [3.8, 4) is 0 Å². The normalized spacial score (nSPS) is 36.3. The Morgan fingerprint density at radius 3 is 2.73 bits per heavy atom. The van der Waals surface area contributed by atoms with Gasteiger partial charge in [-0.15, -0.1) is 0 Å². The molecular formula is C9H16O6. The third-order valence-electron chi connectivity index (χ3n) is 2.33. The summed E-state index contributed by atoms with van der Waals surface area (Å²) >= 11 is 0. The number of esters is 1. The Bertz CT molecular complexity index is 219. The lowest BCUT2D eigenvalue weighted by atomic mass is 10.0. The van der Waals surface area contributed by atoms with Crippen LogP contribution < -0.4 is 0 Å². The van der Waals surface area contributed by atoms with E-state index >= 15 is 0 Å². The predicted octanol–water partition coefficient (Wildman–Crippen LogP) is -1.31. The van der Waals surface area contributed by atoms with Gasteiger partial charge in [0.1, 0.15) is 18.3 Å². The van der Waals surface area contributed by atoms with E-state index < -0.39 is 30.4 Å². The number of hydrogen-bond donors (Lipinski definition) is 2. The molecule has 1 fully saturated rings. The first-order valence-corrected chi connectivity index (χ1v) is 4.70. The lowest BCUT2D eigenvalue weighted by molar-refractivity contribution is -0.216. The molecule has 1 heterocycles. The van der Waals surface area contributed by atoms with Gasteiger partial charge in [0.2, 0.25) is 0 Å². The summed E-state index contributed by atoms with van der Waals surface area (Å²) in [6.45, 7) is 1.09. The van der Waals surface area contributed by atoms with Crippen LogP contribution >= 0.6 is 0 Å². The molecule has 6 nitrogen and oxygen atoms in total. The van der Waals surface area contributed by atoms with Gasteiger partial charge in [0, 0.05) is 14.0 Å². The molecule has 0 bridgehead atoms. The van der Waals surface area contributed by atoms with Gasteiger partial charge >= 0.3 is 5.97 Å². The van der Waals surface area contributed by atoms with Crippen molar-refractivity contribution < 1.29 is 29.2 Å². The van der Waals surface area contributed by atoms with Crippen molar-refractivity contribution in [3.63, 3.8) is 0 Å². The summed E-state index contributed by atoms with van der Waals surface area (Å²) in [4.78, 5) is 10.8. The number of rotatable bonds is 3. The Morgan fingerprint density at radius 1 is 1.60 bits per heavy atom. The minimum atomic E-state index is -1.00. The second-order valence-corrected chi connectivity index (χ2v) is 3.39. The molecule has 15 heavy (non-hydrogen) atoms. The van der Waals surface area contributed by atoms with Gasteiger partial charge < -0.3 is 24.4 Å². The van der Waals surface area contributed by atoms with Gasteiger partial charge in [-0.05, 0) is 0 Å². The van der Waals surface area contributed by atoms with Gasteiger partial charge in [0.25, 0.3) is 0 Å². The Balaban J connectivity index is 2.63. The average Bonchev–Trinajstić information content (AvgIpc) is 2.18. The molecule has 0 aromatic rings. The molecule has 0 aliphatic carbocycles. The number of ether oxygens (including phenoxy) is 3. The summed E-state index contributed by atoms with van der Waals surface area (Å²) < 4.78 is 15.1. The molecular weight excluding hydrogens is 204 g/mol. The van der Waals surface area contributed by atoms with Crippen LogP contribution in [0.25, 0.3) is 0 Å². The molecule has 0 aromatic carbocycles. The van der Waals surface area contributed by atoms with Gasteiger partial charge in [-0.1, -0.05) is 0 Å². The van der Waals surface area contributed by atoms with Crippen LogP contribution in [0.15, 0.2) is 0 Å². The van der Waals surface area contributed by atoms with E-state index in [1.54, 1.807) is 0 Å². The van der Waals surface area contributed by atoms with Crippen LogP contribution in [0.1, 0.15) is 6.92 Å². The second kappa shape index (κ2) is 5.41. The van der Waals surface area contributed by atoms with Crippen molar-refractivity contribution in [2.24, 2.45) is 0 Å². The molecule has 2 unspecified atom stereocenters. The van der Waals surface area contributed by atoms with Crippen LogP contribution in [-0.2, 0) is 19.0 Å². The highest BCUT2D eigenvalue weighted by Gasteiger charge is 2.41. The molecule has 0 saturated carbocycles. The van der Waals surface area contributed by atoms with Crippen molar-refractivity contribution >= 4 is 5.97 Å². The molecule has 2 N–H and O–H groups in total. The zero-order valence-corrected chi connectivity index (χ0v) is 8.75. The molecule has 0 spiro atoms. The van der Waals surface area contributed by atoms with Gasteiger partial charge in [0.05, 0.1) is 13.2 Å². The highest BCUT2D eigenvalue weighted by Crippen LogP contribution is 2.20. The zero-order chi connectivity index (χ0) is 11.4. The van der Waals surface area contributed by atoms with Gasteiger partial charge in [-0.3, -0.25) is 4.79 Å². The van der Waals surface area contributed by atoms with Crippen LogP contribution in [0.5, 0.6) is 0 Å². The fourth-order valence-corrected chi connectivity index (χ4v) is 1.61. The topological polar surface area (TPSA) is 85.2 Å². The quantitative estimate of drug-likeness (QED) is 0.574. The van der Waals surface area contributed by atoms with Crippen LogP contribution in [0.4, 0.5) is 0 Å². The second-order valence-electron chi connectivity index (χ2n) is 3.39. The Labute approximate surface area is 87.7 Å². The Kier molecular flexibility index (Phi) is 4.46. The molecule has 0 aromatic heterocycles. The summed E-state index contributed by atoms with van der Waals surface area (Å²) in [5.74, 6) is -0.458. The first-order valence-electron chi connectivity index (χ1n) is 4.70. The summed E-state index contributed by atoms with van der Waals surface area (Å²) in [7, 11) is 1.41. The van der Waals surface area contributed by atoms with Crippen molar-refractivity contribution in [2.45, 2.75) is 31.3 Å². The maximum absolute atomic E-state index is 10.8. The third kappa shape index (κ3) is 2.88. The van der Waals surface area contributed by atoms with E-state index in [-0.39, 0.29) is 13.2 Å². The smallest absolute Gasteiger partial charge is 0.303 e. The summed E-state index contributed by atoms with van der Waals surface area (Å²) in [6.07, 6.45) is -3.00. The minimum absolute atomic E-state index is 0.111. The van der Waals surface area contributed by atoms with Gasteiger partial charge in [-0.25, -0.2) is 0 Å². The highest BCUT2D eigenvalue weighted by atomic mass is 16.6. The maximum atomic E-state index is 10.8. The molecule has 0 amide bonds. The number of aliphatic hydroxyl groups is 2. The Hall–Kier alpha value is -0.690. The molecule has 1 aliphatic heterocycles. The fourth-order valence-electron chi connectivity index (χ4n) is 1.61. The molecule has 0 radical (unpaired) electrons. The van der Waals surface area contributed by atoms with E-state index in [0.717, 1.165) is 0 Å². The van der Waals surface area contributed by atoms with Gasteiger partial charge in [-0.2, -0.15) is 0 Å². The van der Waals surface area contributed by atoms with Crippen molar-refractivity contribution in [1.82, 2.24) is 0 Å². The van der Waals surface area contributed by atoms with Crippen LogP contribution in [-0.4, -0.2) is 60.9 Å². The fraction of sp³-hybridized carbons (Fsp3) is 0.889. The number of hydrogen-bond acceptors (Lipinski definition) is 6. The molecule has 88 valence electrons. The summed E-state index contributed by atoms with van der Waals surface area (Å²) in [5.41, 5.74) is 0. The molecule has 1 aliphatic rings. The Morgan fingerprint density at radius 2 is 2.27 bits per heavy atom. The van der Waals surface area contributed by atoms with Crippen LogP contribution in [0, 0.1) is 0 Å². The van der Waals surface area contributed by atoms with Gasteiger partial charge in [0.15, 0.2) is 6.10 Å². The standard InChI is InChI=1S/C9H16O6/c1-5(11)15-7-4-14-6(3-10)8(12)9(7)13-2/h6-10,12H,3-4H2,1-2H3/t6?,7?,8-,9+/m0/s1. The first kappa shape index (κ1) is 12.4. The number of methoxy groups -OCH3 is 1. The van der Waals surface area contributed by atoms with E-state index in [9.17, 15) is 9.90 Å². The zero-order valence-electron chi connectivity index (χ0n) is 8.75. The average molecular weight is 220 g/mol. The number of carbonyl (C=O) groups excluding carboxylic acids is 1. The molecule has 4 atom stereocenters. The van der Waals surface area contributed by atoms with E-state index in [1.165, 1.54) is 14.0 Å². The van der Waals surface area contributed by atoms with E-state index in [1.807, 2.05) is 0 Å². The van der Waals surface area contributed by atoms with Crippen LogP contribution in [0.2, 0.25) is 0 Å². The monoisotopic (exact) mass is 220 g/mol. The van der Waals surface area contributed by atoms with Crippen molar-refractivity contribution in [1.29, 1.82) is 0 Å². The summed E-state index contributed by atoms with van der Waals surface area (Å²) in [6, 6.07) is 0. The lowest BCUT2D eigenvalue weighted by Crippen LogP contribution is -2.56. The maximum Gasteiger partial charge on any atom is 0.303 e. The minimum Gasteiger partial charge on any atom is -0.457 e. The number of carbonyl (C=O) groups is 1. The largest absolute Gasteiger partial charge is 0.457 e. The third-order valence-corrected chi connectivity index (χ3v) is 2.33. The molecule has 1 rings (SSSR count). The summed E-state index contributed by atoms with van der Waals surface area (Å²) in [5, 5.41) is 18.6. The van der Waals surface area contributed by atoms with E-state index in [4.69, 9.17) is 19.3 Å². The highest BCUT2D eigenvalue weighted by molar-refractivity contribution is 5.66. The van der Waals surface area contributed by atoms with E-state index in [2.05, 4.69) is 0 Å². The number of aliphatic hydroxyl groups excluding tert-OH is 2. The molecule has 1 saturated heterocycles. The first-order chi connectivity index (χ1) is 7.10. The van der Waals surface area contributed by atoms with Crippen molar-refractivity contribution in [2.75, 3.05) is 20.3 Å².